The first-order chi connectivity index (χ1) is 14.3. The second-order valence-corrected chi connectivity index (χ2v) is 8.23. The molecule has 0 atom stereocenters. The molecule has 2 aromatic carbocycles. The normalized spacial score (nSPS) is 10.9. The Labute approximate surface area is 175 Å². The van der Waals surface area contributed by atoms with E-state index in [0.29, 0.717) is 0 Å². The first kappa shape index (κ1) is 17.8. The van der Waals surface area contributed by atoms with Gasteiger partial charge in [-0.3, -0.25) is 4.98 Å². The van der Waals surface area contributed by atoms with Gasteiger partial charge in [0.25, 0.3) is 0 Å². The van der Waals surface area contributed by atoms with Crippen LogP contribution in [0.15, 0.2) is 72.4 Å². The van der Waals surface area contributed by atoms with Gasteiger partial charge in [-0.1, -0.05) is 23.5 Å². The Balaban J connectivity index is 1.41. The molecule has 3 aromatic heterocycles. The van der Waals surface area contributed by atoms with Crippen LogP contribution < -0.4 is 10.1 Å². The highest BCUT2D eigenvalue weighted by molar-refractivity contribution is 7.22. The Morgan fingerprint density at radius 1 is 0.966 bits per heavy atom. The summed E-state index contributed by atoms with van der Waals surface area (Å²) in [5.74, 6) is 0.836. The topological polar surface area (TPSA) is 59.9 Å². The molecule has 142 valence electrons. The number of nitrogens with zero attached hydrogens (tertiary/aromatic N) is 3. The number of nitrogens with one attached hydrogen (secondary N) is 1. The summed E-state index contributed by atoms with van der Waals surface area (Å²) in [7, 11) is 1.67. The predicted octanol–water partition coefficient (Wildman–Crippen LogP) is 6.23. The summed E-state index contributed by atoms with van der Waals surface area (Å²) in [5.41, 5.74) is 4.97. The van der Waals surface area contributed by atoms with E-state index in [1.165, 1.54) is 0 Å². The van der Waals surface area contributed by atoms with Crippen LogP contribution >= 0.6 is 22.7 Å². The molecule has 0 aliphatic heterocycles. The van der Waals surface area contributed by atoms with Crippen LogP contribution in [0.2, 0.25) is 0 Å². The quantitative estimate of drug-likeness (QED) is 0.368. The summed E-state index contributed by atoms with van der Waals surface area (Å²) in [5, 5.41) is 7.30. The van der Waals surface area contributed by atoms with Gasteiger partial charge in [-0.15, -0.1) is 11.3 Å². The lowest BCUT2D eigenvalue weighted by Crippen LogP contribution is -1.89. The van der Waals surface area contributed by atoms with Crippen molar-refractivity contribution in [3.05, 3.63) is 72.4 Å². The lowest BCUT2D eigenvalue weighted by molar-refractivity contribution is 0.415. The van der Waals surface area contributed by atoms with Crippen molar-refractivity contribution in [2.45, 2.75) is 0 Å². The SMILES string of the molecule is COc1ccc2nc(Nc3cccc(-c4csc(-c5cccnc5)n4)c3)sc2c1. The summed E-state index contributed by atoms with van der Waals surface area (Å²) in [6, 6.07) is 18.1. The van der Waals surface area contributed by atoms with Gasteiger partial charge in [0.05, 0.1) is 23.0 Å². The second kappa shape index (κ2) is 7.62. The molecule has 0 saturated carbocycles. The van der Waals surface area contributed by atoms with Gasteiger partial charge in [-0.25, -0.2) is 9.97 Å². The molecule has 0 saturated heterocycles. The van der Waals surface area contributed by atoms with Crippen molar-refractivity contribution in [1.82, 2.24) is 15.0 Å². The molecule has 0 radical (unpaired) electrons. The lowest BCUT2D eigenvalue weighted by Gasteiger charge is -2.04. The van der Waals surface area contributed by atoms with Crippen LogP contribution in [0.25, 0.3) is 32.0 Å². The highest BCUT2D eigenvalue weighted by atomic mass is 32.1. The molecule has 0 amide bonds. The second-order valence-electron chi connectivity index (χ2n) is 6.34. The number of benzene rings is 2. The van der Waals surface area contributed by atoms with Crippen molar-refractivity contribution in [2.75, 3.05) is 12.4 Å². The van der Waals surface area contributed by atoms with Gasteiger partial charge in [0, 0.05) is 34.6 Å². The molecule has 5 rings (SSSR count). The van der Waals surface area contributed by atoms with E-state index in [1.807, 2.05) is 48.7 Å². The average Bonchev–Trinajstić information content (AvgIpc) is 3.41. The van der Waals surface area contributed by atoms with Gasteiger partial charge < -0.3 is 10.1 Å². The highest BCUT2D eigenvalue weighted by Gasteiger charge is 2.09. The van der Waals surface area contributed by atoms with Gasteiger partial charge in [-0.05, 0) is 42.5 Å². The molecule has 7 heteroatoms. The number of hydrogen-bond donors (Lipinski definition) is 1. The zero-order chi connectivity index (χ0) is 19.6. The third kappa shape index (κ3) is 3.70. The molecule has 1 N–H and O–H groups in total. The largest absolute Gasteiger partial charge is 0.497 e. The number of pyridine rings is 1. The van der Waals surface area contributed by atoms with Crippen LogP contribution in [-0.4, -0.2) is 22.1 Å². The number of anilines is 2. The van der Waals surface area contributed by atoms with Crippen LogP contribution in [0.1, 0.15) is 0 Å². The number of thiazole rings is 2. The average molecular weight is 417 g/mol. The highest BCUT2D eigenvalue weighted by Crippen LogP contribution is 2.33. The summed E-state index contributed by atoms with van der Waals surface area (Å²) < 4.78 is 6.38. The maximum Gasteiger partial charge on any atom is 0.188 e. The summed E-state index contributed by atoms with van der Waals surface area (Å²) >= 11 is 3.22. The Morgan fingerprint density at radius 2 is 1.90 bits per heavy atom. The van der Waals surface area contributed by atoms with Crippen molar-refractivity contribution in [1.29, 1.82) is 0 Å². The first-order valence-corrected chi connectivity index (χ1v) is 10.7. The molecule has 3 heterocycles. The summed E-state index contributed by atoms with van der Waals surface area (Å²) in [4.78, 5) is 13.6. The van der Waals surface area contributed by atoms with Crippen molar-refractivity contribution in [2.24, 2.45) is 0 Å². The first-order valence-electron chi connectivity index (χ1n) is 8.96. The van der Waals surface area contributed by atoms with Gasteiger partial charge >= 0.3 is 0 Å². The van der Waals surface area contributed by atoms with Crippen molar-refractivity contribution in [3.8, 4) is 27.6 Å². The minimum absolute atomic E-state index is 0.836. The van der Waals surface area contributed by atoms with E-state index in [0.717, 1.165) is 48.6 Å². The van der Waals surface area contributed by atoms with E-state index in [-0.39, 0.29) is 0 Å². The van der Waals surface area contributed by atoms with Crippen LogP contribution in [0.4, 0.5) is 10.8 Å². The molecular formula is C22H16N4OS2. The summed E-state index contributed by atoms with van der Waals surface area (Å²) in [6.45, 7) is 0. The van der Waals surface area contributed by atoms with E-state index in [4.69, 9.17) is 9.72 Å². The molecule has 5 aromatic rings. The number of methoxy groups -OCH3 is 1. The molecule has 5 nitrogen and oxygen atoms in total. The van der Waals surface area contributed by atoms with Crippen LogP contribution in [0, 0.1) is 0 Å². The van der Waals surface area contributed by atoms with E-state index in [1.54, 1.807) is 36.0 Å². The number of aromatic nitrogens is 3. The molecule has 0 unspecified atom stereocenters. The molecule has 0 aliphatic rings. The number of fused-ring (bicyclic) bond motifs is 1. The monoisotopic (exact) mass is 416 g/mol. The van der Waals surface area contributed by atoms with Crippen molar-refractivity contribution >= 4 is 43.7 Å². The molecule has 0 bridgehead atoms. The van der Waals surface area contributed by atoms with E-state index in [9.17, 15) is 0 Å². The van der Waals surface area contributed by atoms with Crippen molar-refractivity contribution < 1.29 is 4.74 Å². The van der Waals surface area contributed by atoms with E-state index >= 15 is 0 Å². The summed E-state index contributed by atoms with van der Waals surface area (Å²) in [6.07, 6.45) is 3.61. The molecule has 0 fully saturated rings. The van der Waals surface area contributed by atoms with Crippen LogP contribution in [0.5, 0.6) is 5.75 Å². The van der Waals surface area contributed by atoms with E-state index in [2.05, 4.69) is 32.8 Å². The maximum absolute atomic E-state index is 5.30. The molecule has 0 aliphatic carbocycles. The number of rotatable bonds is 5. The zero-order valence-corrected chi connectivity index (χ0v) is 17.1. The minimum Gasteiger partial charge on any atom is -0.497 e. The predicted molar refractivity (Wildman–Crippen MR) is 120 cm³/mol. The van der Waals surface area contributed by atoms with Gasteiger partial charge in [0.1, 0.15) is 10.8 Å². The third-order valence-corrected chi connectivity index (χ3v) is 6.24. The molecule has 29 heavy (non-hydrogen) atoms. The Kier molecular flexibility index (Phi) is 4.67. The fourth-order valence-corrected chi connectivity index (χ4v) is 4.73. The van der Waals surface area contributed by atoms with Crippen LogP contribution in [-0.2, 0) is 0 Å². The maximum atomic E-state index is 5.30. The zero-order valence-electron chi connectivity index (χ0n) is 15.5. The van der Waals surface area contributed by atoms with Gasteiger partial charge in [0.15, 0.2) is 5.13 Å². The standard InChI is InChI=1S/C22H16N4OS2/c1-27-17-7-8-18-20(11-17)29-22(26-18)24-16-6-2-4-14(10-16)19-13-28-21(25-19)15-5-3-9-23-12-15/h2-13H,1H3,(H,24,26). The number of hydrogen-bond acceptors (Lipinski definition) is 7. The number of ether oxygens (including phenoxy) is 1. The minimum atomic E-state index is 0.836. The van der Waals surface area contributed by atoms with Crippen LogP contribution in [0.3, 0.4) is 0 Å². The lowest BCUT2D eigenvalue weighted by atomic mass is 10.1. The smallest absolute Gasteiger partial charge is 0.188 e. The Bertz CT molecular complexity index is 1280. The Morgan fingerprint density at radius 3 is 2.76 bits per heavy atom. The van der Waals surface area contributed by atoms with E-state index < -0.39 is 0 Å². The fourth-order valence-electron chi connectivity index (χ4n) is 2.99. The third-order valence-electron chi connectivity index (χ3n) is 4.42. The fraction of sp³-hybridized carbons (Fsp3) is 0.0455. The molecule has 0 spiro atoms. The van der Waals surface area contributed by atoms with Gasteiger partial charge in [-0.2, -0.15) is 0 Å². The Hall–Kier alpha value is -3.29. The van der Waals surface area contributed by atoms with Crippen molar-refractivity contribution in [3.63, 3.8) is 0 Å². The molecular weight excluding hydrogens is 400 g/mol. The van der Waals surface area contributed by atoms with Gasteiger partial charge in [0.2, 0.25) is 0 Å².